The fourth-order valence-corrected chi connectivity index (χ4v) is 4.62. The predicted molar refractivity (Wildman–Crippen MR) is 130 cm³/mol. The van der Waals surface area contributed by atoms with Crippen molar-refractivity contribution in [3.05, 3.63) is 17.5 Å². The molecule has 13 heteroatoms. The first-order valence-corrected chi connectivity index (χ1v) is 12.5. The van der Waals surface area contributed by atoms with E-state index in [1.165, 1.54) is 0 Å². The lowest BCUT2D eigenvalue weighted by molar-refractivity contribution is -0.0584. The van der Waals surface area contributed by atoms with Crippen LogP contribution in [0.25, 0.3) is 0 Å². The molecule has 3 fully saturated rings. The maximum atomic E-state index is 12.3. The van der Waals surface area contributed by atoms with Gasteiger partial charge in [0.25, 0.3) is 0 Å². The summed E-state index contributed by atoms with van der Waals surface area (Å²) in [6.45, 7) is 10.9. The van der Waals surface area contributed by atoms with E-state index in [-0.39, 0.29) is 30.0 Å². The summed E-state index contributed by atoms with van der Waals surface area (Å²) in [6, 6.07) is 0.879. The Morgan fingerprint density at radius 1 is 1.08 bits per heavy atom. The van der Waals surface area contributed by atoms with Crippen molar-refractivity contribution in [2.45, 2.75) is 102 Å². The molecular weight excluding hydrogens is 484 g/mol. The Labute approximate surface area is 215 Å². The lowest BCUT2D eigenvalue weighted by Crippen LogP contribution is -2.48. The molecule has 2 bridgehead atoms. The summed E-state index contributed by atoms with van der Waals surface area (Å²) in [6.07, 6.45) is 1.14. The topological polar surface area (TPSA) is 159 Å². The molecule has 13 nitrogen and oxygen atoms in total. The average molecular weight is 521 g/mol. The zero-order valence-corrected chi connectivity index (χ0v) is 22.1. The van der Waals surface area contributed by atoms with Gasteiger partial charge in [-0.25, -0.2) is 24.4 Å². The number of carbonyl (C=O) groups excluding carboxylic acids is 3. The van der Waals surface area contributed by atoms with Gasteiger partial charge in [0.15, 0.2) is 0 Å². The molecule has 1 aromatic heterocycles. The number of fused-ring (bicyclic) bond motifs is 2. The molecule has 3 aliphatic rings. The lowest BCUT2D eigenvalue weighted by atomic mass is 9.79. The van der Waals surface area contributed by atoms with Crippen LogP contribution in [-0.4, -0.2) is 74.3 Å². The Balaban J connectivity index is 1.38. The first kappa shape index (κ1) is 26.7. The number of aromatic nitrogens is 1. The van der Waals surface area contributed by atoms with E-state index in [1.807, 2.05) is 6.07 Å². The number of amides is 4. The highest BCUT2D eigenvalue weighted by molar-refractivity contribution is 6.01. The van der Waals surface area contributed by atoms with Gasteiger partial charge in [0.05, 0.1) is 18.1 Å². The van der Waals surface area contributed by atoms with Crippen LogP contribution in [0.5, 0.6) is 0 Å². The number of alkyl carbamates (subject to hydrolysis) is 2. The number of ether oxygens (including phenoxy) is 2. The molecule has 4 amide bonds. The van der Waals surface area contributed by atoms with Crippen LogP contribution in [0.4, 0.5) is 14.4 Å². The van der Waals surface area contributed by atoms with E-state index < -0.39 is 29.4 Å². The van der Waals surface area contributed by atoms with Gasteiger partial charge in [0.2, 0.25) is 5.96 Å². The summed E-state index contributed by atoms with van der Waals surface area (Å²) < 4.78 is 16.1. The van der Waals surface area contributed by atoms with Crippen molar-refractivity contribution >= 4 is 24.2 Å². The van der Waals surface area contributed by atoms with Gasteiger partial charge in [-0.3, -0.25) is 15.8 Å². The molecule has 1 aromatic rings. The van der Waals surface area contributed by atoms with Crippen LogP contribution >= 0.6 is 0 Å². The highest BCUT2D eigenvalue weighted by Gasteiger charge is 2.46. The normalized spacial score (nSPS) is 25.3. The molecule has 2 aliphatic heterocycles. The van der Waals surface area contributed by atoms with Crippen molar-refractivity contribution in [3.63, 3.8) is 0 Å². The van der Waals surface area contributed by atoms with Crippen LogP contribution in [0.2, 0.25) is 0 Å². The maximum absolute atomic E-state index is 12.3. The summed E-state index contributed by atoms with van der Waals surface area (Å²) in [4.78, 5) is 43.0. The van der Waals surface area contributed by atoms with Crippen molar-refractivity contribution in [1.29, 1.82) is 0 Å². The van der Waals surface area contributed by atoms with Crippen LogP contribution < -0.4 is 10.6 Å². The summed E-state index contributed by atoms with van der Waals surface area (Å²) in [7, 11) is 0. The highest BCUT2D eigenvalue weighted by atomic mass is 16.6. The number of piperidine rings is 1. The summed E-state index contributed by atoms with van der Waals surface area (Å²) in [5.41, 5.74) is -0.773. The van der Waals surface area contributed by atoms with Crippen LogP contribution in [0.15, 0.2) is 15.6 Å². The quantitative estimate of drug-likeness (QED) is 0.309. The molecule has 37 heavy (non-hydrogen) atoms. The molecule has 3 heterocycles. The van der Waals surface area contributed by atoms with E-state index in [1.54, 1.807) is 46.4 Å². The second kappa shape index (κ2) is 9.84. The van der Waals surface area contributed by atoms with Crippen LogP contribution in [0.1, 0.15) is 90.6 Å². The standard InChI is InChI=1S/C24H36N6O7/c1-23(2,3)35-20(31)26-19(27-21(32)36-24(4,5)6)25-14-9-13(10-14)18-11-16(28-37-18)17-8-7-15-12-29(17)22(33)30(15)34/h11,13-15,17,34H,7-10,12H2,1-6H3,(H2,25,26,27,31,32)/t13?,14?,15-,17+/m1/s1. The Kier molecular flexibility index (Phi) is 7.10. The number of rotatable bonds is 3. The number of nitrogens with one attached hydrogen (secondary N) is 2. The zero-order chi connectivity index (χ0) is 27.1. The Bertz CT molecular complexity index is 1030. The number of hydrogen-bond donors (Lipinski definition) is 3. The Hall–Kier alpha value is -3.35. The number of carbonyl (C=O) groups is 3. The molecule has 4 rings (SSSR count). The van der Waals surface area contributed by atoms with Crippen LogP contribution in [0.3, 0.4) is 0 Å². The SMILES string of the molecule is CC(C)(C)OC(=O)NC(=NC1CC(c2cc([C@@H]3CC[C@@H]4CN3C(=O)N4O)no2)C1)NC(=O)OC(C)(C)C. The molecule has 204 valence electrons. The van der Waals surface area contributed by atoms with Gasteiger partial charge in [0.1, 0.15) is 22.7 Å². The second-order valence-corrected chi connectivity index (χ2v) is 11.7. The van der Waals surface area contributed by atoms with E-state index in [0.29, 0.717) is 43.7 Å². The van der Waals surface area contributed by atoms with Gasteiger partial charge in [-0.1, -0.05) is 5.16 Å². The number of hydrogen-bond acceptors (Lipinski definition) is 9. The molecule has 1 aliphatic carbocycles. The van der Waals surface area contributed by atoms with Crippen molar-refractivity contribution in [2.24, 2.45) is 4.99 Å². The van der Waals surface area contributed by atoms with Crippen molar-refractivity contribution in [3.8, 4) is 0 Å². The fourth-order valence-electron chi connectivity index (χ4n) is 4.62. The molecule has 3 N–H and O–H groups in total. The average Bonchev–Trinajstić information content (AvgIpc) is 3.28. The van der Waals surface area contributed by atoms with Gasteiger partial charge in [-0.05, 0) is 67.2 Å². The van der Waals surface area contributed by atoms with Gasteiger partial charge < -0.3 is 18.9 Å². The van der Waals surface area contributed by atoms with Crippen molar-refractivity contribution in [1.82, 2.24) is 25.8 Å². The molecule has 0 radical (unpaired) electrons. The molecule has 0 spiro atoms. The summed E-state index contributed by atoms with van der Waals surface area (Å²) >= 11 is 0. The molecule has 0 aromatic carbocycles. The third kappa shape index (κ3) is 6.51. The molecule has 1 saturated carbocycles. The van der Waals surface area contributed by atoms with Gasteiger partial charge in [-0.2, -0.15) is 0 Å². The third-order valence-corrected chi connectivity index (χ3v) is 6.30. The number of urea groups is 1. The number of nitrogens with zero attached hydrogens (tertiary/aromatic N) is 4. The summed E-state index contributed by atoms with van der Waals surface area (Å²) in [5, 5.41) is 19.9. The van der Waals surface area contributed by atoms with Crippen molar-refractivity contribution in [2.75, 3.05) is 6.54 Å². The predicted octanol–water partition coefficient (Wildman–Crippen LogP) is 3.66. The monoisotopic (exact) mass is 520 g/mol. The molecule has 2 atom stereocenters. The number of aliphatic imine (C=N–C) groups is 1. The smallest absolute Gasteiger partial charge is 0.414 e. The van der Waals surface area contributed by atoms with E-state index in [2.05, 4.69) is 20.8 Å². The Morgan fingerprint density at radius 2 is 1.68 bits per heavy atom. The van der Waals surface area contributed by atoms with E-state index in [9.17, 15) is 19.6 Å². The van der Waals surface area contributed by atoms with Crippen molar-refractivity contribution < 1.29 is 33.6 Å². The minimum absolute atomic E-state index is 0.0527. The van der Waals surface area contributed by atoms with E-state index in [0.717, 1.165) is 5.06 Å². The summed E-state index contributed by atoms with van der Waals surface area (Å²) in [5.74, 6) is 0.695. The Morgan fingerprint density at radius 3 is 2.24 bits per heavy atom. The minimum Gasteiger partial charge on any atom is -0.444 e. The molecule has 0 unspecified atom stereocenters. The van der Waals surface area contributed by atoms with Crippen LogP contribution in [-0.2, 0) is 9.47 Å². The zero-order valence-electron chi connectivity index (χ0n) is 22.1. The largest absolute Gasteiger partial charge is 0.444 e. The lowest BCUT2D eigenvalue weighted by Gasteiger charge is -2.31. The maximum Gasteiger partial charge on any atom is 0.414 e. The number of guanidine groups is 1. The first-order chi connectivity index (χ1) is 17.2. The fraction of sp³-hybridized carbons (Fsp3) is 0.708. The minimum atomic E-state index is -0.745. The third-order valence-electron chi connectivity index (χ3n) is 6.30. The van der Waals surface area contributed by atoms with E-state index >= 15 is 0 Å². The second-order valence-electron chi connectivity index (χ2n) is 11.7. The van der Waals surface area contributed by atoms with Gasteiger partial charge in [-0.15, -0.1) is 0 Å². The number of hydroxylamine groups is 2. The molecule has 2 saturated heterocycles. The first-order valence-electron chi connectivity index (χ1n) is 12.5. The van der Waals surface area contributed by atoms with Crippen LogP contribution in [0, 0.1) is 0 Å². The van der Waals surface area contributed by atoms with E-state index in [4.69, 9.17) is 14.0 Å². The highest BCUT2D eigenvalue weighted by Crippen LogP contribution is 2.42. The van der Waals surface area contributed by atoms with Gasteiger partial charge in [0, 0.05) is 18.5 Å². The molecular formula is C24H36N6O7. The van der Waals surface area contributed by atoms with Gasteiger partial charge >= 0.3 is 18.2 Å².